The van der Waals surface area contributed by atoms with Gasteiger partial charge in [0.25, 0.3) is 0 Å². The minimum Gasteiger partial charge on any atom is -0.462 e. The molecule has 94 heavy (non-hydrogen) atoms. The number of hydrogen-bond donors (Lipinski definition) is 3. The molecule has 0 amide bonds. The molecule has 0 aliphatic carbocycles. The van der Waals surface area contributed by atoms with E-state index in [1.54, 1.807) is 6.08 Å². The minimum atomic E-state index is -4.99. The van der Waals surface area contributed by atoms with Gasteiger partial charge >= 0.3 is 39.5 Å². The highest BCUT2D eigenvalue weighted by Crippen LogP contribution is 2.45. The highest BCUT2D eigenvalue weighted by atomic mass is 31.2. The predicted octanol–water partition coefficient (Wildman–Crippen LogP) is 20.4. The number of phosphoric acid groups is 2. The molecule has 0 aromatic rings. The number of ether oxygens (including phenoxy) is 4. The Hall–Kier alpha value is -4.02. The number of carbonyl (C=O) groups excluding carboxylic acids is 4. The number of unbranched alkanes of at least 4 members (excludes halogenated alkanes) is 27. The van der Waals surface area contributed by atoms with Crippen molar-refractivity contribution < 1.29 is 80.2 Å². The van der Waals surface area contributed by atoms with E-state index in [4.69, 9.17) is 37.0 Å². The van der Waals surface area contributed by atoms with Crippen molar-refractivity contribution >= 4 is 39.5 Å². The quantitative estimate of drug-likeness (QED) is 0.0169. The second-order valence-electron chi connectivity index (χ2n) is 24.2. The van der Waals surface area contributed by atoms with Gasteiger partial charge in [-0.05, 0) is 128 Å². The zero-order valence-corrected chi connectivity index (χ0v) is 60.7. The summed E-state index contributed by atoms with van der Waals surface area (Å²) in [5.41, 5.74) is 0. The van der Waals surface area contributed by atoms with Crippen molar-refractivity contribution in [3.63, 3.8) is 0 Å². The molecule has 0 aliphatic heterocycles. The fourth-order valence-corrected chi connectivity index (χ4v) is 11.0. The van der Waals surface area contributed by atoms with Crippen LogP contribution < -0.4 is 0 Å². The molecule has 0 bridgehead atoms. The normalized spacial score (nSPS) is 14.6. The van der Waals surface area contributed by atoms with Crippen molar-refractivity contribution in [3.8, 4) is 0 Å². The molecule has 0 aliphatic rings. The van der Waals surface area contributed by atoms with Crippen LogP contribution in [0.5, 0.6) is 0 Å². The Labute approximate surface area is 569 Å². The summed E-state index contributed by atoms with van der Waals surface area (Å²) in [7, 11) is -9.97. The lowest BCUT2D eigenvalue weighted by molar-refractivity contribution is -0.161. The molecule has 5 unspecified atom stereocenters. The summed E-state index contributed by atoms with van der Waals surface area (Å²) in [4.78, 5) is 72.6. The number of phosphoric ester groups is 2. The van der Waals surface area contributed by atoms with Crippen LogP contribution in [0, 0.1) is 0 Å². The summed E-state index contributed by atoms with van der Waals surface area (Å²) in [6.45, 7) is 4.57. The number of hydrogen-bond acceptors (Lipinski definition) is 15. The number of allylic oxidation sites excluding steroid dienone is 15. The molecule has 0 radical (unpaired) electrons. The van der Waals surface area contributed by atoms with E-state index in [1.807, 2.05) is 18.2 Å². The maximum absolute atomic E-state index is 13.0. The zero-order valence-electron chi connectivity index (χ0n) is 58.9. The van der Waals surface area contributed by atoms with Crippen molar-refractivity contribution in [2.24, 2.45) is 0 Å². The van der Waals surface area contributed by atoms with Gasteiger partial charge in [0, 0.05) is 19.3 Å². The van der Waals surface area contributed by atoms with E-state index in [9.17, 15) is 43.2 Å². The Bertz CT molecular complexity index is 2170. The molecular weight excluding hydrogens is 1230 g/mol. The monoisotopic (exact) mass is 1360 g/mol. The molecule has 0 rings (SSSR count). The molecule has 5 atom stereocenters. The van der Waals surface area contributed by atoms with Crippen LogP contribution in [0.1, 0.15) is 297 Å². The number of esters is 4. The Morgan fingerprint density at radius 1 is 0.319 bits per heavy atom. The van der Waals surface area contributed by atoms with Crippen LogP contribution in [0.3, 0.4) is 0 Å². The molecule has 0 saturated heterocycles. The summed E-state index contributed by atoms with van der Waals surface area (Å²) in [6.07, 6.45) is 68.7. The van der Waals surface area contributed by atoms with E-state index in [1.165, 1.54) is 77.0 Å². The van der Waals surface area contributed by atoms with Crippen LogP contribution in [-0.4, -0.2) is 96.7 Å². The molecule has 3 N–H and O–H groups in total. The Morgan fingerprint density at radius 2 is 0.596 bits per heavy atom. The van der Waals surface area contributed by atoms with Crippen LogP contribution in [0.15, 0.2) is 97.2 Å². The zero-order chi connectivity index (χ0) is 69.0. The van der Waals surface area contributed by atoms with Crippen LogP contribution in [0.4, 0.5) is 0 Å². The number of rotatable bonds is 68. The van der Waals surface area contributed by atoms with Crippen molar-refractivity contribution in [1.82, 2.24) is 0 Å². The van der Waals surface area contributed by atoms with E-state index >= 15 is 0 Å². The average molecular weight is 1370 g/mol. The van der Waals surface area contributed by atoms with Gasteiger partial charge in [-0.25, -0.2) is 9.13 Å². The number of carbonyl (C=O) groups is 4. The first-order chi connectivity index (χ1) is 45.7. The van der Waals surface area contributed by atoms with Crippen molar-refractivity contribution in [2.75, 3.05) is 39.6 Å². The first kappa shape index (κ1) is 90.0. The third-order valence-electron chi connectivity index (χ3n) is 15.0. The van der Waals surface area contributed by atoms with Crippen molar-refractivity contribution in [3.05, 3.63) is 97.2 Å². The first-order valence-electron chi connectivity index (χ1n) is 36.5. The molecule has 19 heteroatoms. The fourth-order valence-electron chi connectivity index (χ4n) is 9.45. The van der Waals surface area contributed by atoms with Gasteiger partial charge in [-0.15, -0.1) is 0 Å². The summed E-state index contributed by atoms with van der Waals surface area (Å²) < 4.78 is 68.2. The van der Waals surface area contributed by atoms with Crippen LogP contribution in [0.2, 0.25) is 0 Å². The van der Waals surface area contributed by atoms with Gasteiger partial charge in [0.15, 0.2) is 12.2 Å². The van der Waals surface area contributed by atoms with Gasteiger partial charge in [0.05, 0.1) is 32.8 Å². The Kier molecular flexibility index (Phi) is 64.7. The molecular formula is C75H130O17P2. The highest BCUT2D eigenvalue weighted by molar-refractivity contribution is 7.47. The molecule has 0 heterocycles. The molecule has 0 saturated carbocycles. The van der Waals surface area contributed by atoms with E-state index in [-0.39, 0.29) is 25.7 Å². The standard InChI is InChI=1S/C75H130O17P2/c1-5-9-13-17-21-25-29-33-34-38-40-44-48-52-56-60-73(78)86-66-71(92-75(80)62-58-54-50-46-42-37-32-28-24-20-16-12-8-4)68-90-94(83,84)88-64-69(76)63-87-93(81,82)89-67-70(91-74(79)61-57-53-49-45-41-36-31-27-23-19-15-11-7-3)65-85-72(77)59-55-51-47-43-39-35-30-26-22-18-14-10-6-2/h9,13,21,25-28,30-34,40,44,52,56,69-71,76H,5-8,10-12,14-20,22-24,29,35-39,41-43,45-51,53-55,57-68H2,1-4H3,(H,81,82)(H,83,84)/b13-9-,25-21-,30-26-,31-27-,32-28-,34-33-,44-40-,56-52-. The summed E-state index contributed by atoms with van der Waals surface area (Å²) in [6, 6.07) is 0. The maximum Gasteiger partial charge on any atom is 0.472 e. The van der Waals surface area contributed by atoms with Crippen LogP contribution >= 0.6 is 15.6 Å². The molecule has 0 fully saturated rings. The lowest BCUT2D eigenvalue weighted by atomic mass is 10.1. The predicted molar refractivity (Wildman–Crippen MR) is 381 cm³/mol. The molecule has 0 aromatic heterocycles. The first-order valence-corrected chi connectivity index (χ1v) is 39.5. The largest absolute Gasteiger partial charge is 0.472 e. The SMILES string of the molecule is CC/C=C\C/C=C\C/C=C\C/C=C\C/C=C\CC(=O)OCC(COP(=O)(O)OCC(O)COP(=O)(O)OCC(COC(=O)CCCCCCC/C=C\CCCCCC)OC(=O)CCCCCCC/C=C\CCCCCC)OC(=O)CCCCCCC/C=C\CCCCCC. The molecule has 542 valence electrons. The Morgan fingerprint density at radius 3 is 0.936 bits per heavy atom. The highest BCUT2D eigenvalue weighted by Gasteiger charge is 2.30. The third kappa shape index (κ3) is 66.6. The summed E-state index contributed by atoms with van der Waals surface area (Å²) in [5.74, 6) is -2.34. The van der Waals surface area contributed by atoms with Gasteiger partial charge in [0.2, 0.25) is 0 Å². The topological polar surface area (TPSA) is 237 Å². The van der Waals surface area contributed by atoms with E-state index in [0.29, 0.717) is 25.7 Å². The van der Waals surface area contributed by atoms with Gasteiger partial charge in [0.1, 0.15) is 19.3 Å². The lowest BCUT2D eigenvalue weighted by Crippen LogP contribution is -2.30. The molecule has 0 aromatic carbocycles. The minimum absolute atomic E-state index is 0.0651. The number of aliphatic hydroxyl groups excluding tert-OH is 1. The van der Waals surface area contributed by atoms with Gasteiger partial charge in [-0.2, -0.15) is 0 Å². The third-order valence-corrected chi connectivity index (χ3v) is 16.9. The molecule has 17 nitrogen and oxygen atoms in total. The second kappa shape index (κ2) is 67.5. The van der Waals surface area contributed by atoms with Crippen molar-refractivity contribution in [2.45, 2.75) is 316 Å². The maximum atomic E-state index is 13.0. The summed E-state index contributed by atoms with van der Waals surface area (Å²) in [5, 5.41) is 10.6. The van der Waals surface area contributed by atoms with Gasteiger partial charge in [-0.3, -0.25) is 37.3 Å². The van der Waals surface area contributed by atoms with Crippen LogP contribution in [-0.2, 0) is 65.4 Å². The Balaban J connectivity index is 5.41. The van der Waals surface area contributed by atoms with Crippen LogP contribution in [0.25, 0.3) is 0 Å². The second-order valence-corrected chi connectivity index (χ2v) is 27.1. The lowest BCUT2D eigenvalue weighted by Gasteiger charge is -2.21. The van der Waals surface area contributed by atoms with E-state index in [2.05, 4.69) is 101 Å². The average Bonchev–Trinajstić information content (AvgIpc) is 1.67. The summed E-state index contributed by atoms with van der Waals surface area (Å²) >= 11 is 0. The van der Waals surface area contributed by atoms with E-state index < -0.39 is 97.5 Å². The van der Waals surface area contributed by atoms with Gasteiger partial charge < -0.3 is 33.8 Å². The smallest absolute Gasteiger partial charge is 0.462 e. The molecule has 0 spiro atoms. The number of aliphatic hydroxyl groups is 1. The fraction of sp³-hybridized carbons (Fsp3) is 0.733. The van der Waals surface area contributed by atoms with E-state index in [0.717, 1.165) is 141 Å². The van der Waals surface area contributed by atoms with Crippen molar-refractivity contribution in [1.29, 1.82) is 0 Å². The van der Waals surface area contributed by atoms with Gasteiger partial charge in [-0.1, -0.05) is 240 Å².